The van der Waals surface area contributed by atoms with Crippen LogP contribution >= 0.6 is 0 Å². The van der Waals surface area contributed by atoms with Crippen LogP contribution < -0.4 is 11.1 Å². The highest BCUT2D eigenvalue weighted by Crippen LogP contribution is 2.32. The molecule has 0 saturated heterocycles. The minimum absolute atomic E-state index is 0.0387. The number of primary amides is 1. The molecule has 1 aliphatic heterocycles. The van der Waals surface area contributed by atoms with Gasteiger partial charge in [-0.05, 0) is 12.1 Å². The van der Waals surface area contributed by atoms with Crippen molar-refractivity contribution in [2.24, 2.45) is 5.73 Å². The Kier molecular flexibility index (Phi) is 3.85. The minimum Gasteiger partial charge on any atom is -0.368 e. The molecule has 1 aromatic carbocycles. The van der Waals surface area contributed by atoms with Crippen LogP contribution in [0.2, 0.25) is 0 Å². The highest BCUT2D eigenvalue weighted by atomic mass is 19.4. The maximum absolute atomic E-state index is 12.7. The third kappa shape index (κ3) is 3.07. The van der Waals surface area contributed by atoms with Crippen molar-refractivity contribution >= 4 is 5.91 Å². The smallest absolute Gasteiger partial charge is 0.368 e. The van der Waals surface area contributed by atoms with E-state index in [-0.39, 0.29) is 6.54 Å². The summed E-state index contributed by atoms with van der Waals surface area (Å²) in [6, 6.07) is 4.86. The van der Waals surface area contributed by atoms with Crippen LogP contribution in [0.15, 0.2) is 24.3 Å². The van der Waals surface area contributed by atoms with E-state index in [2.05, 4.69) is 10.4 Å². The van der Waals surface area contributed by atoms with Crippen LogP contribution in [-0.2, 0) is 30.5 Å². The van der Waals surface area contributed by atoms with Crippen molar-refractivity contribution in [3.63, 3.8) is 0 Å². The number of carbonyl (C=O) groups is 1. The molecule has 0 unspecified atom stereocenters. The summed E-state index contributed by atoms with van der Waals surface area (Å²) in [5, 5.41) is 7.59. The van der Waals surface area contributed by atoms with Gasteiger partial charge in [0, 0.05) is 36.3 Å². The Balaban J connectivity index is 2.02. The average molecular weight is 324 g/mol. The van der Waals surface area contributed by atoms with Crippen LogP contribution in [-0.4, -0.2) is 22.2 Å². The fourth-order valence-corrected chi connectivity index (χ4v) is 2.75. The van der Waals surface area contributed by atoms with Gasteiger partial charge < -0.3 is 11.1 Å². The Morgan fingerprint density at radius 2 is 2.00 bits per heavy atom. The second kappa shape index (κ2) is 5.69. The highest BCUT2D eigenvalue weighted by molar-refractivity contribution is 5.74. The molecule has 5 nitrogen and oxygen atoms in total. The van der Waals surface area contributed by atoms with Crippen molar-refractivity contribution in [1.82, 2.24) is 15.1 Å². The van der Waals surface area contributed by atoms with Gasteiger partial charge in [-0.3, -0.25) is 9.48 Å². The zero-order valence-electron chi connectivity index (χ0n) is 12.2. The Bertz CT molecular complexity index is 734. The first-order valence-corrected chi connectivity index (χ1v) is 7.11. The van der Waals surface area contributed by atoms with Gasteiger partial charge >= 0.3 is 6.18 Å². The lowest BCUT2D eigenvalue weighted by Crippen LogP contribution is -2.27. The normalized spacial score (nSPS) is 14.6. The molecule has 2 aromatic rings. The molecule has 1 aromatic heterocycles. The third-order valence-corrected chi connectivity index (χ3v) is 3.80. The number of benzene rings is 1. The number of amides is 1. The van der Waals surface area contributed by atoms with Crippen molar-refractivity contribution in [1.29, 1.82) is 0 Å². The molecule has 0 spiro atoms. The van der Waals surface area contributed by atoms with Gasteiger partial charge in [0.25, 0.3) is 0 Å². The van der Waals surface area contributed by atoms with Crippen molar-refractivity contribution in [3.05, 3.63) is 41.1 Å². The van der Waals surface area contributed by atoms with Gasteiger partial charge in [0.2, 0.25) is 5.91 Å². The molecule has 0 saturated carbocycles. The molecule has 1 amide bonds. The largest absolute Gasteiger partial charge is 0.416 e. The molecule has 122 valence electrons. The molecule has 0 fully saturated rings. The lowest BCUT2D eigenvalue weighted by atomic mass is 10.0. The average Bonchev–Trinajstić information content (AvgIpc) is 2.85. The van der Waals surface area contributed by atoms with Gasteiger partial charge in [-0.2, -0.15) is 18.3 Å². The van der Waals surface area contributed by atoms with Gasteiger partial charge in [-0.1, -0.05) is 12.1 Å². The van der Waals surface area contributed by atoms with E-state index in [0.717, 1.165) is 29.9 Å². The molecule has 3 rings (SSSR count). The Labute approximate surface area is 130 Å². The number of nitrogens with one attached hydrogen (secondary N) is 1. The van der Waals surface area contributed by atoms with Crippen LogP contribution in [0.5, 0.6) is 0 Å². The van der Waals surface area contributed by atoms with E-state index in [1.165, 1.54) is 12.1 Å². The van der Waals surface area contributed by atoms with Crippen molar-refractivity contribution in [2.45, 2.75) is 25.7 Å². The topological polar surface area (TPSA) is 72.9 Å². The summed E-state index contributed by atoms with van der Waals surface area (Å²) in [5.41, 5.74) is 7.50. The number of hydrogen-bond acceptors (Lipinski definition) is 3. The number of hydrogen-bond donors (Lipinski definition) is 2. The van der Waals surface area contributed by atoms with Crippen molar-refractivity contribution in [3.8, 4) is 11.3 Å². The van der Waals surface area contributed by atoms with E-state index in [1.54, 1.807) is 4.68 Å². The molecule has 2 heterocycles. The molecular weight excluding hydrogens is 309 g/mol. The second-order valence-electron chi connectivity index (χ2n) is 5.40. The predicted molar refractivity (Wildman–Crippen MR) is 77.3 cm³/mol. The number of fused-ring (bicyclic) bond motifs is 1. The summed E-state index contributed by atoms with van der Waals surface area (Å²) in [6.45, 7) is 1.28. The zero-order valence-corrected chi connectivity index (χ0v) is 12.2. The van der Waals surface area contributed by atoms with Crippen LogP contribution in [0.25, 0.3) is 11.3 Å². The van der Waals surface area contributed by atoms with Crippen molar-refractivity contribution < 1.29 is 18.0 Å². The maximum Gasteiger partial charge on any atom is 0.416 e. The van der Waals surface area contributed by atoms with Gasteiger partial charge in [-0.25, -0.2) is 0 Å². The molecule has 3 N–H and O–H groups in total. The fraction of sp³-hybridized carbons (Fsp3) is 0.333. The number of carbonyl (C=O) groups excluding carboxylic acids is 1. The Morgan fingerprint density at radius 3 is 2.61 bits per heavy atom. The number of nitrogens with zero attached hydrogens (tertiary/aromatic N) is 2. The summed E-state index contributed by atoms with van der Waals surface area (Å²) in [7, 11) is 0. The molecule has 0 radical (unpaired) electrons. The predicted octanol–water partition coefficient (Wildman–Crippen LogP) is 1.70. The van der Waals surface area contributed by atoms with E-state index in [0.29, 0.717) is 24.2 Å². The minimum atomic E-state index is -4.37. The van der Waals surface area contributed by atoms with Gasteiger partial charge in [0.15, 0.2) is 0 Å². The summed E-state index contributed by atoms with van der Waals surface area (Å²) < 4.78 is 39.5. The molecule has 1 aliphatic rings. The van der Waals surface area contributed by atoms with Gasteiger partial charge in [0.05, 0.1) is 11.3 Å². The standard InChI is InChI=1S/C15H15F3N4O/c16-15(17,18)10-3-1-9(2-4-10)14-11-7-20-6-5-12(11)22(21-14)8-13(19)23/h1-4,20H,5-8H2,(H2,19,23). The summed E-state index contributed by atoms with van der Waals surface area (Å²) >= 11 is 0. The number of halogens is 3. The van der Waals surface area contributed by atoms with Crippen LogP contribution in [0, 0.1) is 0 Å². The first-order valence-electron chi connectivity index (χ1n) is 7.11. The zero-order chi connectivity index (χ0) is 16.6. The number of alkyl halides is 3. The molecule has 0 bridgehead atoms. The van der Waals surface area contributed by atoms with Gasteiger partial charge in [-0.15, -0.1) is 0 Å². The number of rotatable bonds is 3. The van der Waals surface area contributed by atoms with E-state index in [9.17, 15) is 18.0 Å². The summed E-state index contributed by atoms with van der Waals surface area (Å²) in [4.78, 5) is 11.2. The number of nitrogens with two attached hydrogens (primary N) is 1. The molecule has 0 atom stereocenters. The lowest BCUT2D eigenvalue weighted by molar-refractivity contribution is -0.137. The van der Waals surface area contributed by atoms with E-state index in [4.69, 9.17) is 5.73 Å². The molecule has 23 heavy (non-hydrogen) atoms. The lowest BCUT2D eigenvalue weighted by Gasteiger charge is -2.15. The monoisotopic (exact) mass is 324 g/mol. The Morgan fingerprint density at radius 1 is 1.30 bits per heavy atom. The van der Waals surface area contributed by atoms with Crippen LogP contribution in [0.3, 0.4) is 0 Å². The summed E-state index contributed by atoms with van der Waals surface area (Å²) in [5.74, 6) is -0.507. The second-order valence-corrected chi connectivity index (χ2v) is 5.40. The first-order chi connectivity index (χ1) is 10.9. The van der Waals surface area contributed by atoms with E-state index in [1.807, 2.05) is 0 Å². The maximum atomic E-state index is 12.7. The quantitative estimate of drug-likeness (QED) is 0.902. The van der Waals surface area contributed by atoms with Crippen LogP contribution in [0.4, 0.5) is 13.2 Å². The first kappa shape index (κ1) is 15.5. The SMILES string of the molecule is NC(=O)Cn1nc(-c2ccc(C(F)(F)F)cc2)c2c1CCNC2. The van der Waals surface area contributed by atoms with Gasteiger partial charge in [0.1, 0.15) is 6.54 Å². The third-order valence-electron chi connectivity index (χ3n) is 3.80. The van der Waals surface area contributed by atoms with Crippen molar-refractivity contribution in [2.75, 3.05) is 6.54 Å². The fourth-order valence-electron chi connectivity index (χ4n) is 2.75. The Hall–Kier alpha value is -2.35. The molecular formula is C15H15F3N4O. The molecule has 8 heteroatoms. The number of aromatic nitrogens is 2. The molecule has 0 aliphatic carbocycles. The highest BCUT2D eigenvalue weighted by Gasteiger charge is 2.30. The van der Waals surface area contributed by atoms with E-state index < -0.39 is 17.6 Å². The van der Waals surface area contributed by atoms with Crippen LogP contribution in [0.1, 0.15) is 16.8 Å². The van der Waals surface area contributed by atoms with E-state index >= 15 is 0 Å². The summed E-state index contributed by atoms with van der Waals surface area (Å²) in [6.07, 6.45) is -3.68.